The first kappa shape index (κ1) is 19.8. The lowest BCUT2D eigenvalue weighted by atomic mass is 10.1. The molecule has 120 valence electrons. The molecule has 0 aromatic heterocycles. The van der Waals surface area contributed by atoms with Crippen molar-refractivity contribution < 1.29 is 24.6 Å². The van der Waals surface area contributed by atoms with E-state index in [1.54, 1.807) is 22.6 Å². The molecule has 0 bridgehead atoms. The van der Waals surface area contributed by atoms with Crippen molar-refractivity contribution in [2.75, 3.05) is 13.7 Å². The molecule has 22 heavy (non-hydrogen) atoms. The Hall–Kier alpha value is -0.220. The van der Waals surface area contributed by atoms with Gasteiger partial charge >= 0.3 is 5.97 Å². The fourth-order valence-electron chi connectivity index (χ4n) is 1.56. The number of rotatable bonds is 5. The molecule has 10 heteroatoms. The van der Waals surface area contributed by atoms with E-state index in [-0.39, 0.29) is 14.7 Å². The van der Waals surface area contributed by atoms with Crippen LogP contribution in [0.3, 0.4) is 0 Å². The zero-order chi connectivity index (χ0) is 17.0. The molecule has 0 spiro atoms. The first-order valence-electron chi connectivity index (χ1n) is 5.78. The maximum absolute atomic E-state index is 12.4. The van der Waals surface area contributed by atoms with Crippen LogP contribution < -0.4 is 10.6 Å². The van der Waals surface area contributed by atoms with Gasteiger partial charge in [0.05, 0.1) is 17.7 Å². The van der Waals surface area contributed by atoms with Gasteiger partial charge in [-0.1, -0.05) is 0 Å². The molecular weight excluding hydrogens is 633 g/mol. The average molecular weight is 644 g/mol. The highest BCUT2D eigenvalue weighted by molar-refractivity contribution is 14.1. The lowest BCUT2D eigenvalue weighted by Crippen LogP contribution is -2.48. The molecular formula is C12H11I3N2O5. The molecule has 0 radical (unpaired) electrons. The number of benzene rings is 1. The fourth-order valence-corrected chi connectivity index (χ4v) is 4.23. The normalized spacial score (nSPS) is 11.7. The topological polar surface area (TPSA) is 116 Å². The molecule has 1 atom stereocenters. The van der Waals surface area contributed by atoms with Gasteiger partial charge in [-0.2, -0.15) is 0 Å². The molecule has 0 fully saturated rings. The van der Waals surface area contributed by atoms with Crippen LogP contribution in [-0.2, 0) is 4.79 Å². The summed E-state index contributed by atoms with van der Waals surface area (Å²) in [6.07, 6.45) is 0. The highest BCUT2D eigenvalue weighted by Gasteiger charge is 2.26. The van der Waals surface area contributed by atoms with E-state index < -0.39 is 30.4 Å². The van der Waals surface area contributed by atoms with Crippen LogP contribution in [0.1, 0.15) is 20.7 Å². The van der Waals surface area contributed by atoms with E-state index in [4.69, 9.17) is 0 Å². The van der Waals surface area contributed by atoms with Crippen LogP contribution in [0.2, 0.25) is 0 Å². The summed E-state index contributed by atoms with van der Waals surface area (Å²) in [4.78, 5) is 35.2. The third-order valence-corrected chi connectivity index (χ3v) is 6.79. The van der Waals surface area contributed by atoms with Crippen molar-refractivity contribution in [2.45, 2.75) is 6.04 Å². The predicted molar refractivity (Wildman–Crippen MR) is 104 cm³/mol. The van der Waals surface area contributed by atoms with Crippen molar-refractivity contribution in [3.63, 3.8) is 0 Å². The quantitative estimate of drug-likeness (QED) is 0.283. The van der Waals surface area contributed by atoms with Crippen LogP contribution in [-0.4, -0.2) is 47.7 Å². The van der Waals surface area contributed by atoms with Gasteiger partial charge < -0.3 is 20.8 Å². The number of likely N-dealkylation sites (N-methyl/N-ethyl adjacent to an activating group) is 1. The first-order chi connectivity index (χ1) is 10.2. The second-order valence-corrected chi connectivity index (χ2v) is 7.36. The van der Waals surface area contributed by atoms with Crippen LogP contribution in [0.5, 0.6) is 0 Å². The molecule has 1 aromatic rings. The van der Waals surface area contributed by atoms with Gasteiger partial charge in [0.2, 0.25) is 5.91 Å². The van der Waals surface area contributed by atoms with Gasteiger partial charge in [0.15, 0.2) is 0 Å². The fraction of sp³-hybridized carbons (Fsp3) is 0.250. The Bertz CT molecular complexity index is 636. The molecule has 0 heterocycles. The largest absolute Gasteiger partial charge is 0.478 e. The van der Waals surface area contributed by atoms with E-state index in [0.29, 0.717) is 7.14 Å². The standard InChI is InChI=1S/C12H11I3N2O5/c1-16-10(19)6(3-18)17-11(20)7-8(14)4(12(21)22)2-5(13)9(7)15/h2,6,18H,3H2,1H3,(H,16,19)(H,17,20)(H,21,22). The van der Waals surface area contributed by atoms with Crippen molar-refractivity contribution in [1.82, 2.24) is 10.6 Å². The highest BCUT2D eigenvalue weighted by atomic mass is 127. The Labute approximate surface area is 167 Å². The summed E-state index contributed by atoms with van der Waals surface area (Å²) in [6.45, 7) is -0.561. The second kappa shape index (κ2) is 8.58. The zero-order valence-corrected chi connectivity index (χ0v) is 17.6. The molecule has 0 saturated heterocycles. The third kappa shape index (κ3) is 4.41. The number of nitrogens with one attached hydrogen (secondary N) is 2. The molecule has 0 aliphatic rings. The minimum atomic E-state index is -1.14. The molecule has 4 N–H and O–H groups in total. The zero-order valence-electron chi connectivity index (χ0n) is 11.1. The van der Waals surface area contributed by atoms with Gasteiger partial charge in [0.1, 0.15) is 6.04 Å². The minimum Gasteiger partial charge on any atom is -0.478 e. The summed E-state index contributed by atoms with van der Waals surface area (Å²) >= 11 is 5.67. The minimum absolute atomic E-state index is 0.0102. The van der Waals surface area contributed by atoms with Gasteiger partial charge in [0.25, 0.3) is 5.91 Å². The molecule has 1 aromatic carbocycles. The number of halogens is 3. The Balaban J connectivity index is 3.28. The van der Waals surface area contributed by atoms with Gasteiger partial charge in [0, 0.05) is 17.8 Å². The summed E-state index contributed by atoms with van der Waals surface area (Å²) in [7, 11) is 1.39. The van der Waals surface area contributed by atoms with E-state index in [2.05, 4.69) is 10.6 Å². The van der Waals surface area contributed by atoms with E-state index in [1.807, 2.05) is 45.2 Å². The summed E-state index contributed by atoms with van der Waals surface area (Å²) in [6, 6.07) is 0.376. The Morgan fingerprint density at radius 2 is 1.82 bits per heavy atom. The van der Waals surface area contributed by atoms with Crippen LogP contribution in [0.15, 0.2) is 6.07 Å². The lowest BCUT2D eigenvalue weighted by Gasteiger charge is -2.17. The van der Waals surface area contributed by atoms with Crippen molar-refractivity contribution in [3.05, 3.63) is 27.9 Å². The van der Waals surface area contributed by atoms with E-state index >= 15 is 0 Å². The monoisotopic (exact) mass is 644 g/mol. The molecule has 1 rings (SSSR count). The smallest absolute Gasteiger partial charge is 0.336 e. The molecule has 0 saturated carbocycles. The van der Waals surface area contributed by atoms with Gasteiger partial charge in [-0.3, -0.25) is 9.59 Å². The van der Waals surface area contributed by atoms with Crippen molar-refractivity contribution >= 4 is 85.6 Å². The molecule has 7 nitrogen and oxygen atoms in total. The number of aromatic carboxylic acids is 1. The van der Waals surface area contributed by atoms with Crippen molar-refractivity contribution in [1.29, 1.82) is 0 Å². The Morgan fingerprint density at radius 3 is 2.27 bits per heavy atom. The number of carboxylic acid groups (broad SMARTS) is 1. The summed E-state index contributed by atoms with van der Waals surface area (Å²) in [5.74, 6) is -2.29. The number of amides is 2. The Kier molecular flexibility index (Phi) is 7.73. The molecule has 0 aliphatic carbocycles. The van der Waals surface area contributed by atoms with Crippen LogP contribution in [0, 0.1) is 10.7 Å². The van der Waals surface area contributed by atoms with E-state index in [1.165, 1.54) is 13.1 Å². The van der Waals surface area contributed by atoms with Crippen LogP contribution in [0.4, 0.5) is 0 Å². The van der Waals surface area contributed by atoms with Crippen LogP contribution in [0.25, 0.3) is 0 Å². The van der Waals surface area contributed by atoms with Crippen molar-refractivity contribution in [3.8, 4) is 0 Å². The Morgan fingerprint density at radius 1 is 1.23 bits per heavy atom. The number of hydrogen-bond acceptors (Lipinski definition) is 4. The maximum atomic E-state index is 12.4. The number of carboxylic acids is 1. The van der Waals surface area contributed by atoms with Gasteiger partial charge in [-0.15, -0.1) is 0 Å². The predicted octanol–water partition coefficient (Wildman–Crippen LogP) is 1.04. The number of hydrogen-bond donors (Lipinski definition) is 4. The molecule has 1 unspecified atom stereocenters. The van der Waals surface area contributed by atoms with E-state index in [9.17, 15) is 24.6 Å². The van der Waals surface area contributed by atoms with Crippen molar-refractivity contribution in [2.24, 2.45) is 0 Å². The molecule has 2 amide bonds. The number of carbonyl (C=O) groups is 3. The number of aliphatic hydroxyl groups is 1. The first-order valence-corrected chi connectivity index (χ1v) is 9.02. The summed E-state index contributed by atoms with van der Waals surface area (Å²) in [5, 5.41) is 23.1. The van der Waals surface area contributed by atoms with Gasteiger partial charge in [-0.05, 0) is 73.8 Å². The van der Waals surface area contributed by atoms with Crippen LogP contribution >= 0.6 is 67.8 Å². The average Bonchev–Trinajstić information content (AvgIpc) is 2.47. The van der Waals surface area contributed by atoms with Gasteiger partial charge in [-0.25, -0.2) is 4.79 Å². The third-order valence-electron chi connectivity index (χ3n) is 2.66. The lowest BCUT2D eigenvalue weighted by molar-refractivity contribution is -0.123. The second-order valence-electron chi connectivity index (χ2n) is 4.04. The summed E-state index contributed by atoms with van der Waals surface area (Å²) < 4.78 is 1.47. The van der Waals surface area contributed by atoms with E-state index in [0.717, 1.165) is 0 Å². The number of carbonyl (C=O) groups excluding carboxylic acids is 2. The maximum Gasteiger partial charge on any atom is 0.336 e. The summed E-state index contributed by atoms with van der Waals surface area (Å²) in [5.41, 5.74) is 0.184. The SMILES string of the molecule is CNC(=O)C(CO)NC(=O)c1c(I)c(I)cc(C(=O)O)c1I. The molecule has 0 aliphatic heterocycles. The number of aliphatic hydroxyl groups excluding tert-OH is 1. The highest BCUT2D eigenvalue weighted by Crippen LogP contribution is 2.28.